The van der Waals surface area contributed by atoms with Crippen LogP contribution in [-0.2, 0) is 0 Å². The predicted octanol–water partition coefficient (Wildman–Crippen LogP) is 4.32. The number of hydrogen-bond donors (Lipinski definition) is 1. The minimum absolute atomic E-state index is 0.468. The highest BCUT2D eigenvalue weighted by Gasteiger charge is 2.35. The van der Waals surface area contributed by atoms with Crippen molar-refractivity contribution >= 4 is 0 Å². The van der Waals surface area contributed by atoms with Gasteiger partial charge in [0.2, 0.25) is 0 Å². The van der Waals surface area contributed by atoms with Crippen LogP contribution in [0, 0.1) is 5.41 Å². The molecule has 0 radical (unpaired) electrons. The third kappa shape index (κ3) is 3.30. The van der Waals surface area contributed by atoms with Crippen LogP contribution in [0.15, 0.2) is 24.3 Å². The van der Waals surface area contributed by atoms with Gasteiger partial charge in [-0.3, -0.25) is 0 Å². The number of rotatable bonds is 7. The lowest BCUT2D eigenvalue weighted by Gasteiger charge is -2.42. The molecule has 0 amide bonds. The van der Waals surface area contributed by atoms with Gasteiger partial charge in [0.05, 0.1) is 7.11 Å². The second kappa shape index (κ2) is 6.42. The molecule has 0 bridgehead atoms. The molecule has 2 heteroatoms. The molecule has 106 valence electrons. The second-order valence-electron chi connectivity index (χ2n) is 5.82. The van der Waals surface area contributed by atoms with E-state index in [9.17, 15) is 0 Å². The van der Waals surface area contributed by atoms with Crippen molar-refractivity contribution in [1.29, 1.82) is 0 Å². The van der Waals surface area contributed by atoms with E-state index in [2.05, 4.69) is 43.4 Å². The Bertz CT molecular complexity index is 375. The van der Waals surface area contributed by atoms with Crippen molar-refractivity contribution in [3.05, 3.63) is 29.8 Å². The van der Waals surface area contributed by atoms with Gasteiger partial charge in [-0.1, -0.05) is 32.4 Å². The summed E-state index contributed by atoms with van der Waals surface area (Å²) in [6, 6.07) is 8.94. The van der Waals surface area contributed by atoms with Gasteiger partial charge >= 0.3 is 0 Å². The van der Waals surface area contributed by atoms with Crippen molar-refractivity contribution in [2.45, 2.75) is 52.0 Å². The largest absolute Gasteiger partial charge is 0.497 e. The summed E-state index contributed by atoms with van der Waals surface area (Å²) >= 11 is 0. The van der Waals surface area contributed by atoms with Crippen molar-refractivity contribution in [3.8, 4) is 5.75 Å². The number of benzene rings is 1. The van der Waals surface area contributed by atoms with E-state index in [4.69, 9.17) is 4.74 Å². The van der Waals surface area contributed by atoms with Gasteiger partial charge in [0.25, 0.3) is 0 Å². The first kappa shape index (κ1) is 14.4. The SMILES string of the molecule is CCC(NCC1(CC)CCC1)c1ccc(OC)cc1. The fourth-order valence-electron chi connectivity index (χ4n) is 3.01. The van der Waals surface area contributed by atoms with E-state index in [1.807, 2.05) is 0 Å². The molecule has 0 spiro atoms. The summed E-state index contributed by atoms with van der Waals surface area (Å²) in [5.41, 5.74) is 1.95. The molecule has 0 aromatic heterocycles. The zero-order chi connectivity index (χ0) is 13.7. The Morgan fingerprint density at radius 1 is 1.21 bits per heavy atom. The van der Waals surface area contributed by atoms with Crippen LogP contribution in [0.25, 0.3) is 0 Å². The van der Waals surface area contributed by atoms with Gasteiger partial charge in [0.1, 0.15) is 5.75 Å². The maximum Gasteiger partial charge on any atom is 0.118 e. The maximum atomic E-state index is 5.22. The summed E-state index contributed by atoms with van der Waals surface area (Å²) in [5.74, 6) is 0.933. The topological polar surface area (TPSA) is 21.3 Å². The Morgan fingerprint density at radius 3 is 2.32 bits per heavy atom. The van der Waals surface area contributed by atoms with Crippen LogP contribution in [0.2, 0.25) is 0 Å². The van der Waals surface area contributed by atoms with Crippen LogP contribution in [0.4, 0.5) is 0 Å². The summed E-state index contributed by atoms with van der Waals surface area (Å²) in [4.78, 5) is 0. The second-order valence-corrected chi connectivity index (χ2v) is 5.82. The van der Waals surface area contributed by atoms with Crippen LogP contribution < -0.4 is 10.1 Å². The molecule has 1 aliphatic rings. The Kier molecular flexibility index (Phi) is 4.87. The van der Waals surface area contributed by atoms with Crippen molar-refractivity contribution in [2.75, 3.05) is 13.7 Å². The summed E-state index contributed by atoms with van der Waals surface area (Å²) < 4.78 is 5.22. The van der Waals surface area contributed by atoms with E-state index in [0.717, 1.165) is 18.7 Å². The van der Waals surface area contributed by atoms with E-state index < -0.39 is 0 Å². The lowest BCUT2D eigenvalue weighted by atomic mass is 9.67. The number of ether oxygens (including phenoxy) is 1. The molecule has 1 N–H and O–H groups in total. The van der Waals surface area contributed by atoms with E-state index in [0.29, 0.717) is 11.5 Å². The molecular weight excluding hydrogens is 234 g/mol. The Labute approximate surface area is 117 Å². The van der Waals surface area contributed by atoms with E-state index >= 15 is 0 Å². The quantitative estimate of drug-likeness (QED) is 0.789. The van der Waals surface area contributed by atoms with Crippen LogP contribution in [0.1, 0.15) is 57.6 Å². The minimum atomic E-state index is 0.468. The molecule has 2 nitrogen and oxygen atoms in total. The fourth-order valence-corrected chi connectivity index (χ4v) is 3.01. The summed E-state index contributed by atoms with van der Waals surface area (Å²) in [5, 5.41) is 3.78. The molecule has 19 heavy (non-hydrogen) atoms. The molecule has 2 rings (SSSR count). The predicted molar refractivity (Wildman–Crippen MR) is 80.6 cm³/mol. The monoisotopic (exact) mass is 261 g/mol. The van der Waals surface area contributed by atoms with Crippen molar-refractivity contribution < 1.29 is 4.74 Å². The molecule has 1 aliphatic carbocycles. The van der Waals surface area contributed by atoms with Crippen LogP contribution >= 0.6 is 0 Å². The Hall–Kier alpha value is -1.02. The first-order valence-corrected chi connectivity index (χ1v) is 7.60. The summed E-state index contributed by atoms with van der Waals surface area (Å²) in [6.45, 7) is 5.74. The molecule has 1 unspecified atom stereocenters. The zero-order valence-electron chi connectivity index (χ0n) is 12.5. The molecule has 1 saturated carbocycles. The lowest BCUT2D eigenvalue weighted by molar-refractivity contribution is 0.118. The van der Waals surface area contributed by atoms with Gasteiger partial charge in [0, 0.05) is 12.6 Å². The normalized spacial score (nSPS) is 18.7. The van der Waals surface area contributed by atoms with E-state index in [1.165, 1.54) is 31.2 Å². The van der Waals surface area contributed by atoms with Gasteiger partial charge in [-0.2, -0.15) is 0 Å². The summed E-state index contributed by atoms with van der Waals surface area (Å²) in [7, 11) is 1.71. The zero-order valence-corrected chi connectivity index (χ0v) is 12.5. The van der Waals surface area contributed by atoms with Gasteiger partial charge in [-0.15, -0.1) is 0 Å². The van der Waals surface area contributed by atoms with E-state index in [1.54, 1.807) is 7.11 Å². The average Bonchev–Trinajstić information content (AvgIpc) is 2.42. The highest BCUT2D eigenvalue weighted by Crippen LogP contribution is 2.43. The average molecular weight is 261 g/mol. The van der Waals surface area contributed by atoms with Crippen LogP contribution in [0.3, 0.4) is 0 Å². The smallest absolute Gasteiger partial charge is 0.118 e. The van der Waals surface area contributed by atoms with Crippen LogP contribution in [-0.4, -0.2) is 13.7 Å². The molecule has 1 aromatic carbocycles. The van der Waals surface area contributed by atoms with Gasteiger partial charge in [-0.05, 0) is 48.8 Å². The van der Waals surface area contributed by atoms with Gasteiger partial charge in [0.15, 0.2) is 0 Å². The Morgan fingerprint density at radius 2 is 1.89 bits per heavy atom. The minimum Gasteiger partial charge on any atom is -0.497 e. The van der Waals surface area contributed by atoms with Crippen LogP contribution in [0.5, 0.6) is 5.75 Å². The molecule has 0 aliphatic heterocycles. The van der Waals surface area contributed by atoms with Crippen molar-refractivity contribution in [1.82, 2.24) is 5.32 Å². The van der Waals surface area contributed by atoms with E-state index in [-0.39, 0.29) is 0 Å². The third-order valence-corrected chi connectivity index (χ3v) is 4.81. The third-order valence-electron chi connectivity index (χ3n) is 4.81. The van der Waals surface area contributed by atoms with Crippen molar-refractivity contribution in [2.24, 2.45) is 5.41 Å². The van der Waals surface area contributed by atoms with Gasteiger partial charge in [-0.25, -0.2) is 0 Å². The van der Waals surface area contributed by atoms with Gasteiger partial charge < -0.3 is 10.1 Å². The lowest BCUT2D eigenvalue weighted by Crippen LogP contribution is -2.40. The first-order valence-electron chi connectivity index (χ1n) is 7.60. The standard InChI is InChI=1S/C17H27NO/c1-4-16(14-7-9-15(19-3)10-8-14)18-13-17(5-2)11-6-12-17/h7-10,16,18H,4-6,11-13H2,1-3H3. The molecule has 1 aromatic rings. The molecular formula is C17H27NO. The van der Waals surface area contributed by atoms with Crippen molar-refractivity contribution in [3.63, 3.8) is 0 Å². The number of hydrogen-bond acceptors (Lipinski definition) is 2. The molecule has 0 heterocycles. The highest BCUT2D eigenvalue weighted by atomic mass is 16.5. The highest BCUT2D eigenvalue weighted by molar-refractivity contribution is 5.29. The number of nitrogens with one attached hydrogen (secondary N) is 1. The first-order chi connectivity index (χ1) is 9.23. The maximum absolute atomic E-state index is 5.22. The molecule has 1 fully saturated rings. The molecule has 1 atom stereocenters. The number of methoxy groups -OCH3 is 1. The Balaban J connectivity index is 1.95. The summed E-state index contributed by atoms with van der Waals surface area (Å²) in [6.07, 6.45) is 6.64. The fraction of sp³-hybridized carbons (Fsp3) is 0.647. The molecule has 0 saturated heterocycles.